The molecule has 8 heteroatoms. The molecule has 0 fully saturated rings. The van der Waals surface area contributed by atoms with Gasteiger partial charge in [0.25, 0.3) is 5.91 Å². The van der Waals surface area contributed by atoms with E-state index in [0.29, 0.717) is 10.7 Å². The lowest BCUT2D eigenvalue weighted by Gasteiger charge is -2.05. The standard InChI is InChI=1S/C21H20N2O4S2/c1-13-3-8-16-18(11-13)29-21(22-16)23-19(25)12-27-20(26)10-9-17(24)14-4-6-15(28-2)7-5-14/h3-8,11H,9-10,12H2,1-2H3,(H,22,23,25). The summed E-state index contributed by atoms with van der Waals surface area (Å²) in [5.41, 5.74) is 2.47. The molecule has 0 unspecified atom stereocenters. The van der Waals surface area contributed by atoms with Crippen molar-refractivity contribution in [1.29, 1.82) is 0 Å². The number of aromatic nitrogens is 1. The summed E-state index contributed by atoms with van der Waals surface area (Å²) in [5.74, 6) is -1.19. The van der Waals surface area contributed by atoms with Crippen molar-refractivity contribution < 1.29 is 19.1 Å². The maximum atomic E-state index is 12.1. The van der Waals surface area contributed by atoms with Crippen molar-refractivity contribution in [2.24, 2.45) is 0 Å². The van der Waals surface area contributed by atoms with E-state index in [4.69, 9.17) is 4.74 Å². The van der Waals surface area contributed by atoms with E-state index >= 15 is 0 Å². The van der Waals surface area contributed by atoms with Gasteiger partial charge in [0.2, 0.25) is 0 Å². The van der Waals surface area contributed by atoms with E-state index in [9.17, 15) is 14.4 Å². The van der Waals surface area contributed by atoms with Crippen molar-refractivity contribution in [3.8, 4) is 0 Å². The van der Waals surface area contributed by atoms with E-state index in [1.807, 2.05) is 43.5 Å². The number of anilines is 1. The Labute approximate surface area is 176 Å². The highest BCUT2D eigenvalue weighted by Gasteiger charge is 2.13. The first-order valence-corrected chi connectivity index (χ1v) is 11.0. The normalized spacial score (nSPS) is 10.7. The second kappa shape index (κ2) is 9.67. The van der Waals surface area contributed by atoms with Crippen LogP contribution in [0.15, 0.2) is 47.4 Å². The van der Waals surface area contributed by atoms with Gasteiger partial charge in [-0.15, -0.1) is 11.8 Å². The summed E-state index contributed by atoms with van der Waals surface area (Å²) < 4.78 is 5.94. The van der Waals surface area contributed by atoms with Crippen LogP contribution in [0.25, 0.3) is 10.2 Å². The van der Waals surface area contributed by atoms with Gasteiger partial charge < -0.3 is 4.74 Å². The summed E-state index contributed by atoms with van der Waals surface area (Å²) in [4.78, 5) is 41.4. The van der Waals surface area contributed by atoms with E-state index in [1.54, 1.807) is 23.9 Å². The summed E-state index contributed by atoms with van der Waals surface area (Å²) in [7, 11) is 0. The molecular weight excluding hydrogens is 408 g/mol. The molecule has 0 spiro atoms. The average Bonchev–Trinajstić information content (AvgIpc) is 3.11. The largest absolute Gasteiger partial charge is 0.456 e. The second-order valence-corrected chi connectivity index (χ2v) is 8.26. The fourth-order valence-electron chi connectivity index (χ4n) is 2.60. The smallest absolute Gasteiger partial charge is 0.306 e. The van der Waals surface area contributed by atoms with E-state index in [-0.39, 0.29) is 18.6 Å². The number of fused-ring (bicyclic) bond motifs is 1. The molecule has 29 heavy (non-hydrogen) atoms. The van der Waals surface area contributed by atoms with Gasteiger partial charge in [0.15, 0.2) is 17.5 Å². The maximum Gasteiger partial charge on any atom is 0.306 e. The van der Waals surface area contributed by atoms with Gasteiger partial charge in [-0.25, -0.2) is 4.98 Å². The summed E-state index contributed by atoms with van der Waals surface area (Å²) in [6.07, 6.45) is 1.92. The van der Waals surface area contributed by atoms with Crippen LogP contribution >= 0.6 is 23.1 Å². The van der Waals surface area contributed by atoms with Gasteiger partial charge in [-0.1, -0.05) is 29.5 Å². The Balaban J connectivity index is 1.43. The monoisotopic (exact) mass is 428 g/mol. The average molecular weight is 429 g/mol. The first-order chi connectivity index (χ1) is 13.9. The molecule has 150 valence electrons. The van der Waals surface area contributed by atoms with Crippen molar-refractivity contribution in [3.63, 3.8) is 0 Å². The summed E-state index contributed by atoms with van der Waals surface area (Å²) in [6, 6.07) is 13.1. The number of ketones is 1. The topological polar surface area (TPSA) is 85.4 Å². The van der Waals surface area contributed by atoms with Crippen LogP contribution in [-0.2, 0) is 14.3 Å². The van der Waals surface area contributed by atoms with E-state index in [2.05, 4.69) is 10.3 Å². The lowest BCUT2D eigenvalue weighted by molar-refractivity contribution is -0.147. The van der Waals surface area contributed by atoms with Crippen LogP contribution in [0.3, 0.4) is 0 Å². The Morgan fingerprint density at radius 2 is 1.86 bits per heavy atom. The fourth-order valence-corrected chi connectivity index (χ4v) is 3.98. The molecule has 3 aromatic rings. The quantitative estimate of drug-likeness (QED) is 0.324. The molecule has 1 heterocycles. The minimum Gasteiger partial charge on any atom is -0.456 e. The fraction of sp³-hybridized carbons (Fsp3) is 0.238. The number of nitrogens with zero attached hydrogens (tertiary/aromatic N) is 1. The molecule has 1 aromatic heterocycles. The van der Waals surface area contributed by atoms with Gasteiger partial charge in [0, 0.05) is 16.9 Å². The number of carbonyl (C=O) groups is 3. The predicted molar refractivity (Wildman–Crippen MR) is 116 cm³/mol. The first kappa shape index (κ1) is 21.0. The van der Waals surface area contributed by atoms with Gasteiger partial charge in [0.1, 0.15) is 0 Å². The number of thioether (sulfide) groups is 1. The van der Waals surface area contributed by atoms with Crippen molar-refractivity contribution in [3.05, 3.63) is 53.6 Å². The van der Waals surface area contributed by atoms with Crippen LogP contribution in [0.5, 0.6) is 0 Å². The van der Waals surface area contributed by atoms with Crippen LogP contribution in [0, 0.1) is 6.92 Å². The number of esters is 1. The molecule has 0 aliphatic rings. The van der Waals surface area contributed by atoms with Crippen molar-refractivity contribution in [2.75, 3.05) is 18.2 Å². The third-order valence-corrected chi connectivity index (χ3v) is 5.80. The number of thiazole rings is 1. The molecule has 0 aliphatic heterocycles. The Bertz CT molecular complexity index is 1040. The molecule has 3 rings (SSSR count). The number of hydrogen-bond acceptors (Lipinski definition) is 7. The molecule has 0 aliphatic carbocycles. The third-order valence-electron chi connectivity index (χ3n) is 4.12. The Hall–Kier alpha value is -2.71. The molecule has 0 radical (unpaired) electrons. The molecule has 2 aromatic carbocycles. The highest BCUT2D eigenvalue weighted by molar-refractivity contribution is 7.98. The third kappa shape index (κ3) is 5.88. The Kier molecular flexibility index (Phi) is 7.00. The van der Waals surface area contributed by atoms with Crippen molar-refractivity contribution in [2.45, 2.75) is 24.7 Å². The van der Waals surface area contributed by atoms with Gasteiger partial charge in [-0.2, -0.15) is 0 Å². The zero-order valence-electron chi connectivity index (χ0n) is 16.1. The Morgan fingerprint density at radius 3 is 2.59 bits per heavy atom. The number of carbonyl (C=O) groups excluding carboxylic acids is 3. The number of Topliss-reactive ketones (excluding diaryl/α,β-unsaturated/α-hetero) is 1. The maximum absolute atomic E-state index is 12.1. The van der Waals surface area contributed by atoms with Crippen LogP contribution in [-0.4, -0.2) is 35.5 Å². The lowest BCUT2D eigenvalue weighted by Crippen LogP contribution is -2.21. The molecule has 1 N–H and O–H groups in total. The van der Waals surface area contributed by atoms with Gasteiger partial charge in [-0.3, -0.25) is 19.7 Å². The van der Waals surface area contributed by atoms with E-state index < -0.39 is 18.5 Å². The molecule has 1 amide bonds. The SMILES string of the molecule is CSc1ccc(C(=O)CCC(=O)OCC(=O)Nc2nc3ccc(C)cc3s2)cc1. The molecule has 6 nitrogen and oxygen atoms in total. The number of benzene rings is 2. The Morgan fingerprint density at radius 1 is 1.10 bits per heavy atom. The second-order valence-electron chi connectivity index (χ2n) is 6.35. The predicted octanol–water partition coefficient (Wildman–Crippen LogP) is 4.47. The lowest BCUT2D eigenvalue weighted by atomic mass is 10.1. The number of ether oxygens (including phenoxy) is 1. The number of aryl methyl sites for hydroxylation is 1. The number of hydrogen-bond donors (Lipinski definition) is 1. The highest BCUT2D eigenvalue weighted by atomic mass is 32.2. The van der Waals surface area contributed by atoms with Crippen LogP contribution < -0.4 is 5.32 Å². The van der Waals surface area contributed by atoms with Crippen molar-refractivity contribution >= 4 is 56.1 Å². The number of rotatable bonds is 8. The number of amides is 1. The minimum atomic E-state index is -0.589. The summed E-state index contributed by atoms with van der Waals surface area (Å²) >= 11 is 2.95. The van der Waals surface area contributed by atoms with Gasteiger partial charge in [-0.05, 0) is 43.0 Å². The van der Waals surface area contributed by atoms with E-state index in [1.165, 1.54) is 11.3 Å². The summed E-state index contributed by atoms with van der Waals surface area (Å²) in [6.45, 7) is 1.57. The molecule has 0 saturated heterocycles. The zero-order valence-corrected chi connectivity index (χ0v) is 17.7. The van der Waals surface area contributed by atoms with Crippen LogP contribution in [0.2, 0.25) is 0 Å². The van der Waals surface area contributed by atoms with Crippen LogP contribution in [0.4, 0.5) is 5.13 Å². The van der Waals surface area contributed by atoms with Crippen LogP contribution in [0.1, 0.15) is 28.8 Å². The van der Waals surface area contributed by atoms with Gasteiger partial charge >= 0.3 is 5.97 Å². The van der Waals surface area contributed by atoms with Crippen molar-refractivity contribution in [1.82, 2.24) is 4.98 Å². The van der Waals surface area contributed by atoms with E-state index in [0.717, 1.165) is 20.7 Å². The first-order valence-electron chi connectivity index (χ1n) is 8.94. The minimum absolute atomic E-state index is 0.0380. The molecular formula is C21H20N2O4S2. The molecule has 0 bridgehead atoms. The molecule has 0 atom stereocenters. The summed E-state index contributed by atoms with van der Waals surface area (Å²) in [5, 5.41) is 3.08. The van der Waals surface area contributed by atoms with Gasteiger partial charge in [0.05, 0.1) is 16.6 Å². The zero-order chi connectivity index (χ0) is 20.8. The number of nitrogens with one attached hydrogen (secondary N) is 1. The molecule has 0 saturated carbocycles. The highest BCUT2D eigenvalue weighted by Crippen LogP contribution is 2.26.